The van der Waals surface area contributed by atoms with Gasteiger partial charge in [-0.05, 0) is 36.2 Å². The highest BCUT2D eigenvalue weighted by atomic mass is 32.1. The fraction of sp³-hybridized carbons (Fsp3) is 0.462. The quantitative estimate of drug-likeness (QED) is 0.819. The number of halogens is 2. The Morgan fingerprint density at radius 3 is 2.61 bits per heavy atom. The van der Waals surface area contributed by atoms with E-state index in [0.717, 1.165) is 12.5 Å². The minimum absolute atomic E-state index is 0.0217. The van der Waals surface area contributed by atoms with Crippen molar-refractivity contribution in [3.05, 3.63) is 28.5 Å². The second-order valence-electron chi connectivity index (χ2n) is 5.29. The van der Waals surface area contributed by atoms with Crippen molar-refractivity contribution in [3.63, 3.8) is 0 Å². The van der Waals surface area contributed by atoms with Crippen molar-refractivity contribution in [2.45, 2.75) is 33.7 Å². The summed E-state index contributed by atoms with van der Waals surface area (Å²) < 4.78 is 29.3. The summed E-state index contributed by atoms with van der Waals surface area (Å²) in [5, 5.41) is 0. The summed E-state index contributed by atoms with van der Waals surface area (Å²) in [7, 11) is 0. The van der Waals surface area contributed by atoms with E-state index in [1.165, 1.54) is 6.07 Å². The molecule has 0 fully saturated rings. The molecule has 98 valence electrons. The fourth-order valence-corrected chi connectivity index (χ4v) is 2.15. The summed E-state index contributed by atoms with van der Waals surface area (Å²) in [5.74, 6) is -1.69. The lowest BCUT2D eigenvalue weighted by Gasteiger charge is -2.23. The molecule has 0 saturated carbocycles. The molecule has 2 rings (SSSR count). The number of nitrogens with zero attached hydrogens (tertiary/aromatic N) is 1. The molecule has 1 N–H and O–H groups in total. The maximum Gasteiger partial charge on any atom is 0.184 e. The first-order valence-corrected chi connectivity index (χ1v) is 6.33. The predicted octanol–water partition coefficient (Wildman–Crippen LogP) is 4.41. The Morgan fingerprint density at radius 1 is 1.33 bits per heavy atom. The second-order valence-corrected chi connectivity index (χ2v) is 5.68. The van der Waals surface area contributed by atoms with Gasteiger partial charge in [0.05, 0.1) is 5.52 Å². The summed E-state index contributed by atoms with van der Waals surface area (Å²) in [6.45, 7) is 6.77. The summed E-state index contributed by atoms with van der Waals surface area (Å²) in [6.07, 6.45) is 0.929. The van der Waals surface area contributed by atoms with E-state index in [-0.39, 0.29) is 10.9 Å². The normalized spacial score (nSPS) is 12.3. The molecule has 0 atom stereocenters. The molecule has 0 radical (unpaired) electrons. The van der Waals surface area contributed by atoms with Crippen molar-refractivity contribution in [1.82, 2.24) is 9.55 Å². The minimum Gasteiger partial charge on any atom is -0.330 e. The number of aromatic amines is 1. The molecule has 0 amide bonds. The third-order valence-corrected chi connectivity index (χ3v) is 3.69. The predicted molar refractivity (Wildman–Crippen MR) is 71.1 cm³/mol. The summed E-state index contributed by atoms with van der Waals surface area (Å²) >= 11 is 5.19. The molecule has 0 unspecified atom stereocenters. The first kappa shape index (κ1) is 13.2. The Hall–Kier alpha value is -1.23. The molecule has 1 heterocycles. The van der Waals surface area contributed by atoms with Gasteiger partial charge in [-0.3, -0.25) is 0 Å². The van der Waals surface area contributed by atoms with Gasteiger partial charge in [0, 0.05) is 6.54 Å². The summed E-state index contributed by atoms with van der Waals surface area (Å²) in [6, 6.07) is 2.62. The first-order valence-electron chi connectivity index (χ1n) is 5.92. The van der Waals surface area contributed by atoms with Gasteiger partial charge in [0.2, 0.25) is 0 Å². The van der Waals surface area contributed by atoms with E-state index in [4.69, 9.17) is 12.2 Å². The largest absolute Gasteiger partial charge is 0.330 e. The number of imidazole rings is 1. The van der Waals surface area contributed by atoms with Crippen LogP contribution < -0.4 is 0 Å². The van der Waals surface area contributed by atoms with E-state index in [9.17, 15) is 8.78 Å². The molecule has 0 saturated heterocycles. The van der Waals surface area contributed by atoms with Gasteiger partial charge < -0.3 is 9.55 Å². The van der Waals surface area contributed by atoms with Crippen LogP contribution in [-0.2, 0) is 6.54 Å². The monoisotopic (exact) mass is 270 g/mol. The fourth-order valence-electron chi connectivity index (χ4n) is 1.88. The highest BCUT2D eigenvalue weighted by Gasteiger charge is 2.20. The molecule has 0 bridgehead atoms. The van der Waals surface area contributed by atoms with E-state index in [1.54, 1.807) is 4.57 Å². The maximum atomic E-state index is 13.9. The number of rotatable bonds is 3. The Kier molecular flexibility index (Phi) is 3.27. The van der Waals surface area contributed by atoms with Crippen LogP contribution in [0.3, 0.4) is 0 Å². The third-order valence-electron chi connectivity index (χ3n) is 3.37. The smallest absolute Gasteiger partial charge is 0.184 e. The third kappa shape index (κ3) is 2.19. The Bertz CT molecular complexity index is 640. The van der Waals surface area contributed by atoms with Crippen molar-refractivity contribution in [2.24, 2.45) is 5.41 Å². The minimum atomic E-state index is -0.848. The molecule has 18 heavy (non-hydrogen) atoms. The summed E-state index contributed by atoms with van der Waals surface area (Å²) in [5.41, 5.74) is 0.735. The number of hydrogen-bond acceptors (Lipinski definition) is 1. The molecular formula is C13H16F2N2S. The zero-order valence-corrected chi connectivity index (χ0v) is 11.5. The van der Waals surface area contributed by atoms with Crippen molar-refractivity contribution < 1.29 is 8.78 Å². The number of fused-ring (bicyclic) bond motifs is 1. The maximum absolute atomic E-state index is 13.9. The molecule has 0 aliphatic carbocycles. The van der Waals surface area contributed by atoms with Crippen molar-refractivity contribution in [2.75, 3.05) is 0 Å². The lowest BCUT2D eigenvalue weighted by Crippen LogP contribution is -2.19. The zero-order chi connectivity index (χ0) is 13.5. The van der Waals surface area contributed by atoms with Crippen LogP contribution in [0.2, 0.25) is 0 Å². The Morgan fingerprint density at radius 2 is 2.00 bits per heavy atom. The average Bonchev–Trinajstić information content (AvgIpc) is 2.61. The topological polar surface area (TPSA) is 20.7 Å². The summed E-state index contributed by atoms with van der Waals surface area (Å²) in [4.78, 5) is 2.91. The number of H-pyrrole nitrogens is 1. The molecule has 0 spiro atoms. The first-order chi connectivity index (χ1) is 8.35. The van der Waals surface area contributed by atoms with Crippen LogP contribution >= 0.6 is 12.2 Å². The van der Waals surface area contributed by atoms with Gasteiger partial charge in [0.1, 0.15) is 5.52 Å². The molecule has 5 heteroatoms. The molecule has 1 aromatic carbocycles. The van der Waals surface area contributed by atoms with Crippen LogP contribution in [0.1, 0.15) is 27.2 Å². The van der Waals surface area contributed by atoms with Crippen molar-refractivity contribution in [3.8, 4) is 0 Å². The van der Waals surface area contributed by atoms with E-state index in [0.29, 0.717) is 16.8 Å². The van der Waals surface area contributed by atoms with Crippen molar-refractivity contribution >= 4 is 23.3 Å². The zero-order valence-electron chi connectivity index (χ0n) is 10.7. The van der Waals surface area contributed by atoms with E-state index in [1.807, 2.05) is 0 Å². The van der Waals surface area contributed by atoms with Crippen LogP contribution in [0.15, 0.2) is 12.1 Å². The average molecular weight is 270 g/mol. The van der Waals surface area contributed by atoms with E-state index >= 15 is 0 Å². The number of hydrogen-bond donors (Lipinski definition) is 1. The van der Waals surface area contributed by atoms with E-state index < -0.39 is 11.6 Å². The van der Waals surface area contributed by atoms with Crippen molar-refractivity contribution in [1.29, 1.82) is 0 Å². The van der Waals surface area contributed by atoms with Gasteiger partial charge in [-0.25, -0.2) is 8.78 Å². The van der Waals surface area contributed by atoms with Crippen LogP contribution in [0.5, 0.6) is 0 Å². The lowest BCUT2D eigenvalue weighted by atomic mass is 9.90. The van der Waals surface area contributed by atoms with Gasteiger partial charge in [-0.1, -0.05) is 20.8 Å². The van der Waals surface area contributed by atoms with Gasteiger partial charge in [0.15, 0.2) is 16.4 Å². The molecule has 2 aromatic rings. The van der Waals surface area contributed by atoms with Crippen LogP contribution in [0.25, 0.3) is 11.0 Å². The molecule has 0 aliphatic rings. The molecular weight excluding hydrogens is 254 g/mol. The van der Waals surface area contributed by atoms with Gasteiger partial charge in [-0.2, -0.15) is 0 Å². The number of nitrogens with one attached hydrogen (secondary N) is 1. The SMILES string of the molecule is CCC(C)(C)Cn1c(=S)[nH]c2ccc(F)c(F)c21. The number of aromatic nitrogens is 2. The number of benzene rings is 1. The van der Waals surface area contributed by atoms with Crippen LogP contribution in [0.4, 0.5) is 8.78 Å². The highest BCUT2D eigenvalue weighted by Crippen LogP contribution is 2.27. The van der Waals surface area contributed by atoms with Crippen LogP contribution in [0, 0.1) is 21.8 Å². The van der Waals surface area contributed by atoms with Gasteiger partial charge in [0.25, 0.3) is 0 Å². The second kappa shape index (κ2) is 4.46. The Balaban J connectivity index is 2.67. The standard InChI is InChI=1S/C13H16F2N2S/c1-4-13(2,3)7-17-11-9(16-12(17)18)6-5-8(14)10(11)15/h5-6H,4,7H2,1-3H3,(H,16,18). The molecule has 2 nitrogen and oxygen atoms in total. The highest BCUT2D eigenvalue weighted by molar-refractivity contribution is 7.71. The van der Waals surface area contributed by atoms with Crippen LogP contribution in [-0.4, -0.2) is 9.55 Å². The molecule has 0 aliphatic heterocycles. The lowest BCUT2D eigenvalue weighted by molar-refractivity contribution is 0.295. The van der Waals surface area contributed by atoms with Gasteiger partial charge in [-0.15, -0.1) is 0 Å². The van der Waals surface area contributed by atoms with E-state index in [2.05, 4.69) is 25.8 Å². The molecule has 1 aromatic heterocycles. The van der Waals surface area contributed by atoms with Gasteiger partial charge >= 0.3 is 0 Å². The Labute approximate surface area is 110 Å².